The third kappa shape index (κ3) is 4.57. The number of amides is 2. The molecule has 2 amide bonds. The summed E-state index contributed by atoms with van der Waals surface area (Å²) in [6.07, 6.45) is -4.18. The van der Waals surface area contributed by atoms with Crippen molar-refractivity contribution in [2.75, 3.05) is 18.5 Å². The predicted molar refractivity (Wildman–Crippen MR) is 98.7 cm³/mol. The third-order valence-electron chi connectivity index (χ3n) is 4.29. The number of carbonyl (C=O) groups is 3. The van der Waals surface area contributed by atoms with E-state index in [1.807, 2.05) is 5.32 Å². The normalized spacial score (nSPS) is 15.6. The summed E-state index contributed by atoms with van der Waals surface area (Å²) >= 11 is 0.897. The summed E-state index contributed by atoms with van der Waals surface area (Å²) in [6, 6.07) is 0. The quantitative estimate of drug-likeness (QED) is 0.446. The van der Waals surface area contributed by atoms with Gasteiger partial charge >= 0.3 is 23.9 Å². The number of alkyl carbamates (subject to hydrolysis) is 1. The molecule has 0 saturated heterocycles. The summed E-state index contributed by atoms with van der Waals surface area (Å²) in [6.45, 7) is 2.13. The number of alkyl halides is 3. The van der Waals surface area contributed by atoms with E-state index in [2.05, 4.69) is 9.47 Å². The number of fused-ring (bicyclic) bond motifs is 1. The van der Waals surface area contributed by atoms with Crippen molar-refractivity contribution in [3.05, 3.63) is 16.0 Å². The first-order valence-electron chi connectivity index (χ1n) is 8.98. The first kappa shape index (κ1) is 22.8. The van der Waals surface area contributed by atoms with Gasteiger partial charge in [-0.05, 0) is 45.1 Å². The molecule has 8 nitrogen and oxygen atoms in total. The zero-order chi connectivity index (χ0) is 21.8. The molecule has 1 aromatic rings. The average molecular weight is 437 g/mol. The largest absolute Gasteiger partial charge is 0.463 e. The summed E-state index contributed by atoms with van der Waals surface area (Å²) in [5.74, 6) is -2.72. The van der Waals surface area contributed by atoms with Gasteiger partial charge in [-0.1, -0.05) is 0 Å². The van der Waals surface area contributed by atoms with Crippen LogP contribution in [0.4, 0.5) is 23.0 Å². The maximum absolute atomic E-state index is 14.1. The van der Waals surface area contributed by atoms with Crippen LogP contribution in [-0.2, 0) is 27.1 Å². The van der Waals surface area contributed by atoms with Gasteiger partial charge in [0.25, 0.3) is 5.91 Å². The Morgan fingerprint density at radius 1 is 1.10 bits per heavy atom. The van der Waals surface area contributed by atoms with Crippen LogP contribution in [0.5, 0.6) is 0 Å². The highest BCUT2D eigenvalue weighted by molar-refractivity contribution is 7.16. The Bertz CT molecular complexity index is 796. The molecule has 1 atom stereocenters. The molecule has 1 heterocycles. The number of ether oxygens (including phenoxy) is 2. The minimum Gasteiger partial charge on any atom is -0.463 e. The zero-order valence-electron chi connectivity index (χ0n) is 15.9. The molecule has 4 N–H and O–H groups in total. The van der Waals surface area contributed by atoms with Crippen molar-refractivity contribution in [3.8, 4) is 0 Å². The Hall–Kier alpha value is -2.50. The van der Waals surface area contributed by atoms with Crippen molar-refractivity contribution in [1.82, 2.24) is 5.32 Å². The van der Waals surface area contributed by atoms with Crippen molar-refractivity contribution in [2.24, 2.45) is 5.73 Å². The lowest BCUT2D eigenvalue weighted by molar-refractivity contribution is -0.205. The molecule has 0 radical (unpaired) electrons. The first-order chi connectivity index (χ1) is 13.6. The second-order valence-corrected chi connectivity index (χ2v) is 7.32. The number of nitrogens with one attached hydrogen (secondary N) is 2. The lowest BCUT2D eigenvalue weighted by atomic mass is 9.95. The Kier molecular flexibility index (Phi) is 6.98. The number of primary amides is 1. The summed E-state index contributed by atoms with van der Waals surface area (Å²) in [5, 5.41) is 3.30. The molecule has 0 aliphatic heterocycles. The summed E-state index contributed by atoms with van der Waals surface area (Å²) in [5.41, 5.74) is 2.20. The van der Waals surface area contributed by atoms with Crippen LogP contribution in [0.2, 0.25) is 0 Å². The molecular formula is C17H22F3N3O5S. The summed E-state index contributed by atoms with van der Waals surface area (Å²) in [4.78, 5) is 36.9. The van der Waals surface area contributed by atoms with Crippen LogP contribution in [0.3, 0.4) is 0 Å². The van der Waals surface area contributed by atoms with Crippen LogP contribution in [-0.4, -0.2) is 43.0 Å². The number of thiophene rings is 1. The van der Waals surface area contributed by atoms with Gasteiger partial charge < -0.3 is 20.5 Å². The average Bonchev–Trinajstić information content (AvgIpc) is 2.98. The Balaban J connectivity index is 2.60. The van der Waals surface area contributed by atoms with Gasteiger partial charge in [-0.15, -0.1) is 11.3 Å². The van der Waals surface area contributed by atoms with E-state index in [9.17, 15) is 27.6 Å². The molecule has 1 aliphatic rings. The molecule has 12 heteroatoms. The lowest BCUT2D eigenvalue weighted by Gasteiger charge is -2.34. The topological polar surface area (TPSA) is 120 Å². The second kappa shape index (κ2) is 8.89. The van der Waals surface area contributed by atoms with E-state index in [0.29, 0.717) is 23.3 Å². The molecule has 162 valence electrons. The van der Waals surface area contributed by atoms with Gasteiger partial charge in [0.15, 0.2) is 0 Å². The van der Waals surface area contributed by atoms with E-state index in [4.69, 9.17) is 5.73 Å². The monoisotopic (exact) mass is 437 g/mol. The van der Waals surface area contributed by atoms with Gasteiger partial charge in [-0.3, -0.25) is 10.1 Å². The molecule has 0 saturated carbocycles. The second-order valence-electron chi connectivity index (χ2n) is 6.22. The van der Waals surface area contributed by atoms with Gasteiger partial charge in [-0.2, -0.15) is 13.2 Å². The summed E-state index contributed by atoms with van der Waals surface area (Å²) in [7, 11) is 0. The van der Waals surface area contributed by atoms with Gasteiger partial charge in [0.05, 0.1) is 18.8 Å². The van der Waals surface area contributed by atoms with Crippen molar-refractivity contribution < 1.29 is 37.0 Å². The fraction of sp³-hybridized carbons (Fsp3) is 0.588. The van der Waals surface area contributed by atoms with Crippen molar-refractivity contribution in [1.29, 1.82) is 0 Å². The van der Waals surface area contributed by atoms with E-state index < -0.39 is 29.8 Å². The number of hydrogen-bond donors (Lipinski definition) is 3. The molecule has 0 bridgehead atoms. The smallest absolute Gasteiger partial charge is 0.442 e. The van der Waals surface area contributed by atoms with Crippen LogP contribution in [0.15, 0.2) is 0 Å². The fourth-order valence-corrected chi connectivity index (χ4v) is 4.39. The maximum atomic E-state index is 14.1. The third-order valence-corrected chi connectivity index (χ3v) is 5.50. The van der Waals surface area contributed by atoms with Crippen LogP contribution in [0.1, 0.15) is 47.5 Å². The zero-order valence-corrected chi connectivity index (χ0v) is 16.7. The molecule has 0 fully saturated rings. The molecule has 1 aliphatic carbocycles. The molecule has 2 rings (SSSR count). The standard InChI is InChI=1S/C17H22F3N3O5S/c1-3-27-14(25)16(17(18,19)20,23-15(26)28-4-2)22-13-11(12(21)24)9-7-5-6-8-10(9)29-13/h22H,3-8H2,1-2H3,(H2,21,24)(H,23,26)/t16-/m0/s1. The highest BCUT2D eigenvalue weighted by Crippen LogP contribution is 2.41. The van der Waals surface area contributed by atoms with Gasteiger partial charge in [0, 0.05) is 4.88 Å². The van der Waals surface area contributed by atoms with Gasteiger partial charge in [-0.25, -0.2) is 9.59 Å². The predicted octanol–water partition coefficient (Wildman–Crippen LogP) is 2.71. The van der Waals surface area contributed by atoms with Crippen LogP contribution >= 0.6 is 11.3 Å². The van der Waals surface area contributed by atoms with Crippen LogP contribution in [0.25, 0.3) is 0 Å². The summed E-state index contributed by atoms with van der Waals surface area (Å²) < 4.78 is 51.4. The number of aryl methyl sites for hydroxylation is 1. The molecular weight excluding hydrogens is 415 g/mol. The number of esters is 1. The molecule has 0 unspecified atom stereocenters. The molecule has 29 heavy (non-hydrogen) atoms. The number of nitrogens with two attached hydrogens (primary N) is 1. The molecule has 1 aromatic heterocycles. The Labute approximate surface area is 168 Å². The molecule has 0 spiro atoms. The van der Waals surface area contributed by atoms with Gasteiger partial charge in [0.2, 0.25) is 0 Å². The molecule has 0 aromatic carbocycles. The van der Waals surface area contributed by atoms with Crippen molar-refractivity contribution in [3.63, 3.8) is 0 Å². The number of anilines is 1. The van der Waals surface area contributed by atoms with Gasteiger partial charge in [0.1, 0.15) is 5.00 Å². The number of hydrogen-bond acceptors (Lipinski definition) is 7. The highest BCUT2D eigenvalue weighted by atomic mass is 32.1. The lowest BCUT2D eigenvalue weighted by Crippen LogP contribution is -2.69. The van der Waals surface area contributed by atoms with E-state index in [-0.39, 0.29) is 23.8 Å². The SMILES string of the molecule is CCOC(=O)N[C@@](Nc1sc2c(c1C(N)=O)CCCC2)(C(=O)OCC)C(F)(F)F. The van der Waals surface area contributed by atoms with E-state index >= 15 is 0 Å². The Morgan fingerprint density at radius 2 is 1.72 bits per heavy atom. The van der Waals surface area contributed by atoms with Crippen LogP contribution in [0, 0.1) is 0 Å². The highest BCUT2D eigenvalue weighted by Gasteiger charge is 2.64. The maximum Gasteiger partial charge on any atom is 0.442 e. The first-order valence-corrected chi connectivity index (χ1v) is 9.80. The Morgan fingerprint density at radius 3 is 2.28 bits per heavy atom. The van der Waals surface area contributed by atoms with E-state index in [1.165, 1.54) is 19.2 Å². The number of rotatable bonds is 7. The minimum absolute atomic E-state index is 0.117. The van der Waals surface area contributed by atoms with Crippen molar-refractivity contribution >= 4 is 34.3 Å². The van der Waals surface area contributed by atoms with Crippen LogP contribution < -0.4 is 16.4 Å². The minimum atomic E-state index is -5.33. The fourth-order valence-electron chi connectivity index (χ4n) is 3.04. The van der Waals surface area contributed by atoms with E-state index in [0.717, 1.165) is 24.2 Å². The van der Waals surface area contributed by atoms with E-state index in [1.54, 1.807) is 0 Å². The number of halogens is 3. The van der Waals surface area contributed by atoms with Crippen molar-refractivity contribution in [2.45, 2.75) is 51.4 Å². The number of carbonyl (C=O) groups excluding carboxylic acids is 3.